The van der Waals surface area contributed by atoms with Gasteiger partial charge < -0.3 is 0 Å². The SMILES string of the molecule is N#CCc1ccc(CS(N)(=O)=O)cc1. The lowest BCUT2D eigenvalue weighted by molar-refractivity contribution is 0.597. The van der Waals surface area contributed by atoms with Crippen LogP contribution in [-0.2, 0) is 22.2 Å². The molecule has 0 aliphatic carbocycles. The lowest BCUT2D eigenvalue weighted by Crippen LogP contribution is -2.14. The second-order valence-corrected chi connectivity index (χ2v) is 4.57. The van der Waals surface area contributed by atoms with E-state index in [-0.39, 0.29) is 5.75 Å². The summed E-state index contributed by atoms with van der Waals surface area (Å²) in [4.78, 5) is 0. The molecule has 4 nitrogen and oxygen atoms in total. The van der Waals surface area contributed by atoms with E-state index in [0.717, 1.165) is 5.56 Å². The topological polar surface area (TPSA) is 83.9 Å². The highest BCUT2D eigenvalue weighted by Crippen LogP contribution is 2.07. The molecule has 0 aromatic heterocycles. The fourth-order valence-corrected chi connectivity index (χ4v) is 1.73. The number of hydrogen-bond acceptors (Lipinski definition) is 3. The first-order chi connectivity index (χ1) is 6.51. The molecule has 0 unspecified atom stereocenters. The van der Waals surface area contributed by atoms with Gasteiger partial charge in [0.25, 0.3) is 0 Å². The lowest BCUT2D eigenvalue weighted by Gasteiger charge is -1.99. The van der Waals surface area contributed by atoms with E-state index < -0.39 is 10.0 Å². The molecule has 14 heavy (non-hydrogen) atoms. The van der Waals surface area contributed by atoms with Crippen LogP contribution in [-0.4, -0.2) is 8.42 Å². The van der Waals surface area contributed by atoms with Crippen molar-refractivity contribution in [1.82, 2.24) is 0 Å². The van der Waals surface area contributed by atoms with Gasteiger partial charge in [-0.3, -0.25) is 0 Å². The van der Waals surface area contributed by atoms with E-state index in [2.05, 4.69) is 0 Å². The zero-order chi connectivity index (χ0) is 10.6. The number of benzene rings is 1. The first-order valence-corrected chi connectivity index (χ1v) is 5.68. The van der Waals surface area contributed by atoms with Crippen LogP contribution in [0.4, 0.5) is 0 Å². The quantitative estimate of drug-likeness (QED) is 0.790. The van der Waals surface area contributed by atoms with Crippen molar-refractivity contribution in [2.45, 2.75) is 12.2 Å². The van der Waals surface area contributed by atoms with Crippen molar-refractivity contribution in [2.75, 3.05) is 0 Å². The minimum absolute atomic E-state index is 0.167. The number of primary sulfonamides is 1. The van der Waals surface area contributed by atoms with Gasteiger partial charge in [-0.1, -0.05) is 24.3 Å². The highest BCUT2D eigenvalue weighted by molar-refractivity contribution is 7.88. The van der Waals surface area contributed by atoms with Crippen LogP contribution in [0.25, 0.3) is 0 Å². The summed E-state index contributed by atoms with van der Waals surface area (Å²) in [7, 11) is -3.47. The maximum absolute atomic E-state index is 10.7. The van der Waals surface area contributed by atoms with Crippen LogP contribution in [0.3, 0.4) is 0 Å². The standard InChI is InChI=1S/C9H10N2O2S/c10-6-5-8-1-3-9(4-2-8)7-14(11,12)13/h1-4H,5,7H2,(H2,11,12,13). The minimum atomic E-state index is -3.47. The van der Waals surface area contributed by atoms with Crippen LogP contribution in [0.1, 0.15) is 11.1 Å². The predicted molar refractivity (Wildman–Crippen MR) is 52.6 cm³/mol. The molecule has 0 bridgehead atoms. The third-order valence-electron chi connectivity index (χ3n) is 1.67. The zero-order valence-corrected chi connectivity index (χ0v) is 8.29. The van der Waals surface area contributed by atoms with Gasteiger partial charge in [-0.25, -0.2) is 13.6 Å². The van der Waals surface area contributed by atoms with E-state index in [1.165, 1.54) is 0 Å². The Kier molecular flexibility index (Phi) is 3.23. The Bertz CT molecular complexity index is 443. The third kappa shape index (κ3) is 3.56. The van der Waals surface area contributed by atoms with E-state index in [0.29, 0.717) is 12.0 Å². The second kappa shape index (κ2) is 4.22. The fourth-order valence-electron chi connectivity index (χ4n) is 1.08. The first-order valence-electron chi connectivity index (χ1n) is 3.96. The molecule has 0 atom stereocenters. The van der Waals surface area contributed by atoms with E-state index in [4.69, 9.17) is 10.4 Å². The van der Waals surface area contributed by atoms with Gasteiger partial charge in [-0.05, 0) is 11.1 Å². The number of nitrogens with zero attached hydrogens (tertiary/aromatic N) is 1. The van der Waals surface area contributed by atoms with Crippen molar-refractivity contribution in [3.63, 3.8) is 0 Å². The number of hydrogen-bond donors (Lipinski definition) is 1. The smallest absolute Gasteiger partial charge is 0.213 e. The summed E-state index contributed by atoms with van der Waals surface area (Å²) < 4.78 is 21.5. The Hall–Kier alpha value is -1.38. The van der Waals surface area contributed by atoms with Gasteiger partial charge in [-0.15, -0.1) is 0 Å². The Balaban J connectivity index is 2.80. The average molecular weight is 210 g/mol. The van der Waals surface area contributed by atoms with Crippen molar-refractivity contribution in [2.24, 2.45) is 5.14 Å². The van der Waals surface area contributed by atoms with Gasteiger partial charge in [0.05, 0.1) is 18.2 Å². The molecule has 74 valence electrons. The third-order valence-corrected chi connectivity index (χ3v) is 2.41. The van der Waals surface area contributed by atoms with Crippen LogP contribution in [0.5, 0.6) is 0 Å². The molecule has 0 heterocycles. The largest absolute Gasteiger partial charge is 0.228 e. The maximum atomic E-state index is 10.7. The van der Waals surface area contributed by atoms with Gasteiger partial charge in [0, 0.05) is 0 Å². The molecular weight excluding hydrogens is 200 g/mol. The molecule has 0 fully saturated rings. The molecule has 0 saturated carbocycles. The summed E-state index contributed by atoms with van der Waals surface area (Å²) in [6, 6.07) is 8.79. The lowest BCUT2D eigenvalue weighted by atomic mass is 10.1. The number of rotatable bonds is 3. The molecule has 1 rings (SSSR count). The molecule has 0 spiro atoms. The minimum Gasteiger partial charge on any atom is -0.228 e. The van der Waals surface area contributed by atoms with Gasteiger partial charge in [0.1, 0.15) is 0 Å². The summed E-state index contributed by atoms with van der Waals surface area (Å²) in [6.45, 7) is 0. The molecule has 0 radical (unpaired) electrons. The van der Waals surface area contributed by atoms with Crippen LogP contribution < -0.4 is 5.14 Å². The van der Waals surface area contributed by atoms with Crippen molar-refractivity contribution >= 4 is 10.0 Å². The van der Waals surface area contributed by atoms with Crippen molar-refractivity contribution < 1.29 is 8.42 Å². The zero-order valence-electron chi connectivity index (χ0n) is 7.47. The normalized spacial score (nSPS) is 10.9. The summed E-state index contributed by atoms with van der Waals surface area (Å²) in [5.41, 5.74) is 1.50. The number of nitrogens with two attached hydrogens (primary N) is 1. The predicted octanol–water partition coefficient (Wildman–Crippen LogP) is 0.541. The molecule has 0 saturated heterocycles. The first kappa shape index (κ1) is 10.7. The van der Waals surface area contributed by atoms with E-state index >= 15 is 0 Å². The second-order valence-electron chi connectivity index (χ2n) is 2.96. The van der Waals surface area contributed by atoms with Crippen LogP contribution in [0.15, 0.2) is 24.3 Å². The van der Waals surface area contributed by atoms with Gasteiger partial charge in [0.2, 0.25) is 10.0 Å². The Morgan fingerprint density at radius 3 is 2.14 bits per heavy atom. The highest BCUT2D eigenvalue weighted by Gasteiger charge is 2.04. The van der Waals surface area contributed by atoms with Gasteiger partial charge >= 0.3 is 0 Å². The van der Waals surface area contributed by atoms with E-state index in [9.17, 15) is 8.42 Å². The monoisotopic (exact) mass is 210 g/mol. The molecule has 1 aromatic rings. The van der Waals surface area contributed by atoms with Crippen LogP contribution in [0.2, 0.25) is 0 Å². The summed E-state index contributed by atoms with van der Waals surface area (Å²) in [6.07, 6.45) is 0.329. The molecule has 2 N–H and O–H groups in total. The van der Waals surface area contributed by atoms with Crippen LogP contribution in [0, 0.1) is 11.3 Å². The molecule has 0 aliphatic heterocycles. The van der Waals surface area contributed by atoms with E-state index in [1.54, 1.807) is 24.3 Å². The Morgan fingerprint density at radius 2 is 1.71 bits per heavy atom. The molecule has 0 amide bonds. The van der Waals surface area contributed by atoms with Crippen molar-refractivity contribution in [3.8, 4) is 6.07 Å². The number of nitriles is 1. The van der Waals surface area contributed by atoms with Gasteiger partial charge in [-0.2, -0.15) is 5.26 Å². The summed E-state index contributed by atoms with van der Waals surface area (Å²) in [5.74, 6) is -0.167. The Morgan fingerprint density at radius 1 is 1.21 bits per heavy atom. The fraction of sp³-hybridized carbons (Fsp3) is 0.222. The summed E-state index contributed by atoms with van der Waals surface area (Å²) >= 11 is 0. The number of sulfonamides is 1. The molecule has 0 aliphatic rings. The summed E-state index contributed by atoms with van der Waals surface area (Å²) in [5, 5.41) is 13.3. The molecule has 5 heteroatoms. The highest BCUT2D eigenvalue weighted by atomic mass is 32.2. The van der Waals surface area contributed by atoms with Crippen molar-refractivity contribution in [1.29, 1.82) is 5.26 Å². The van der Waals surface area contributed by atoms with Crippen LogP contribution >= 0.6 is 0 Å². The van der Waals surface area contributed by atoms with Gasteiger partial charge in [0.15, 0.2) is 0 Å². The molecule has 1 aromatic carbocycles. The maximum Gasteiger partial charge on any atom is 0.213 e. The Labute approximate surface area is 83.0 Å². The average Bonchev–Trinajstić information content (AvgIpc) is 2.06. The van der Waals surface area contributed by atoms with E-state index in [1.807, 2.05) is 6.07 Å². The molecular formula is C9H10N2O2S. The van der Waals surface area contributed by atoms with Crippen molar-refractivity contribution in [3.05, 3.63) is 35.4 Å².